The minimum atomic E-state index is -1.59. The summed E-state index contributed by atoms with van der Waals surface area (Å²) in [6.07, 6.45) is -1.42. The van der Waals surface area contributed by atoms with Gasteiger partial charge in [0.1, 0.15) is 11.4 Å². The van der Waals surface area contributed by atoms with Crippen molar-refractivity contribution in [1.82, 2.24) is 5.32 Å². The van der Waals surface area contributed by atoms with Crippen molar-refractivity contribution in [2.45, 2.75) is 38.5 Å². The van der Waals surface area contributed by atoms with Gasteiger partial charge in [0.05, 0.1) is 23.0 Å². The second kappa shape index (κ2) is 9.78. The molecule has 2 atom stereocenters. The second-order valence-corrected chi connectivity index (χ2v) is 8.62. The summed E-state index contributed by atoms with van der Waals surface area (Å²) in [4.78, 5) is 51.7. The average molecular weight is 492 g/mol. The molecule has 0 spiro atoms. The Morgan fingerprint density at radius 1 is 1.24 bits per heavy atom. The third-order valence-corrected chi connectivity index (χ3v) is 5.53. The molecule has 1 aliphatic rings. The van der Waals surface area contributed by atoms with Crippen molar-refractivity contribution in [2.75, 3.05) is 16.8 Å². The largest absolute Gasteiger partial charge is 0.454 e. The molecule has 2 aromatic rings. The first-order valence-electron chi connectivity index (χ1n) is 10.3. The van der Waals surface area contributed by atoms with Gasteiger partial charge < -0.3 is 20.5 Å². The number of benzene rings is 2. The highest BCUT2D eigenvalue weighted by Gasteiger charge is 2.44. The molecule has 0 aromatic heterocycles. The predicted octanol–water partition coefficient (Wildman–Crippen LogP) is 2.27. The Morgan fingerprint density at radius 2 is 1.91 bits per heavy atom. The van der Waals surface area contributed by atoms with Crippen molar-refractivity contribution in [3.8, 4) is 0 Å². The quantitative estimate of drug-likeness (QED) is 0.532. The summed E-state index contributed by atoms with van der Waals surface area (Å²) in [6.45, 7) is 3.53. The lowest BCUT2D eigenvalue weighted by molar-refractivity contribution is -0.152. The number of hydrogen-bond donors (Lipinski definition) is 3. The van der Waals surface area contributed by atoms with E-state index < -0.39 is 59.4 Å². The molecule has 180 valence electrons. The molecule has 3 rings (SSSR count). The summed E-state index contributed by atoms with van der Waals surface area (Å²) in [7, 11) is 0. The lowest BCUT2D eigenvalue weighted by Crippen LogP contribution is -2.59. The van der Waals surface area contributed by atoms with E-state index in [1.807, 2.05) is 0 Å². The summed E-state index contributed by atoms with van der Waals surface area (Å²) in [5.74, 6) is -4.12. The monoisotopic (exact) mass is 491 g/mol. The van der Waals surface area contributed by atoms with Gasteiger partial charge in [0, 0.05) is 5.02 Å². The van der Waals surface area contributed by atoms with Crippen LogP contribution in [0, 0.1) is 5.82 Å². The molecule has 0 aliphatic carbocycles. The zero-order valence-corrected chi connectivity index (χ0v) is 19.4. The number of carbonyl (C=O) groups excluding carboxylic acids is 4. The number of amides is 3. The Morgan fingerprint density at radius 3 is 2.59 bits per heavy atom. The van der Waals surface area contributed by atoms with Gasteiger partial charge in [-0.3, -0.25) is 19.3 Å². The standard InChI is InChI=1S/C23H23ClFN3O6/c1-12(29)19(27-20(31)14-10-13(24)8-9-15(14)25)21(32)34-11-18(30)28-17-7-5-4-6-16(17)26-22(33)23(28,2)3/h4-10,12,19,29H,11H2,1-3H3,(H,26,33)(H,27,31). The number of esters is 1. The molecule has 0 saturated carbocycles. The number of halogens is 2. The number of aliphatic hydroxyl groups is 1. The summed E-state index contributed by atoms with van der Waals surface area (Å²) in [6, 6.07) is 8.35. The van der Waals surface area contributed by atoms with E-state index in [0.29, 0.717) is 11.4 Å². The van der Waals surface area contributed by atoms with E-state index in [2.05, 4.69) is 10.6 Å². The van der Waals surface area contributed by atoms with Crippen LogP contribution in [-0.4, -0.2) is 53.1 Å². The van der Waals surface area contributed by atoms with Crippen LogP contribution in [0.5, 0.6) is 0 Å². The highest BCUT2D eigenvalue weighted by Crippen LogP contribution is 2.36. The van der Waals surface area contributed by atoms with E-state index in [-0.39, 0.29) is 5.02 Å². The molecule has 2 unspecified atom stereocenters. The number of para-hydroxylation sites is 2. The maximum Gasteiger partial charge on any atom is 0.331 e. The summed E-state index contributed by atoms with van der Waals surface area (Å²) in [5.41, 5.74) is -0.867. The van der Waals surface area contributed by atoms with Crippen LogP contribution in [-0.2, 0) is 19.1 Å². The van der Waals surface area contributed by atoms with Crippen molar-refractivity contribution < 1.29 is 33.4 Å². The number of rotatable bonds is 6. The van der Waals surface area contributed by atoms with Crippen LogP contribution in [0.1, 0.15) is 31.1 Å². The molecule has 9 nitrogen and oxygen atoms in total. The number of nitrogens with zero attached hydrogens (tertiary/aromatic N) is 1. The van der Waals surface area contributed by atoms with Crippen LogP contribution < -0.4 is 15.5 Å². The lowest BCUT2D eigenvalue weighted by Gasteiger charge is -2.41. The summed E-state index contributed by atoms with van der Waals surface area (Å²) < 4.78 is 19.0. The van der Waals surface area contributed by atoms with Crippen LogP contribution in [0.25, 0.3) is 0 Å². The third kappa shape index (κ3) is 5.02. The Bertz CT molecular complexity index is 1150. The number of nitrogens with one attached hydrogen (secondary N) is 2. The highest BCUT2D eigenvalue weighted by molar-refractivity contribution is 6.31. The van der Waals surface area contributed by atoms with Crippen molar-refractivity contribution in [3.05, 3.63) is 58.9 Å². The van der Waals surface area contributed by atoms with Crippen LogP contribution in [0.2, 0.25) is 5.02 Å². The van der Waals surface area contributed by atoms with Crippen LogP contribution in [0.4, 0.5) is 15.8 Å². The van der Waals surface area contributed by atoms with Gasteiger partial charge in [-0.25, -0.2) is 9.18 Å². The molecule has 2 aromatic carbocycles. The Labute approximate surface area is 199 Å². The molecule has 3 N–H and O–H groups in total. The van der Waals surface area contributed by atoms with Gasteiger partial charge in [-0.15, -0.1) is 0 Å². The SMILES string of the molecule is CC(O)C(NC(=O)c1cc(Cl)ccc1F)C(=O)OCC(=O)N1c2ccccc2NC(=O)C1(C)C. The minimum Gasteiger partial charge on any atom is -0.454 e. The molecular weight excluding hydrogens is 469 g/mol. The van der Waals surface area contributed by atoms with Crippen molar-refractivity contribution >= 4 is 46.7 Å². The Kier molecular flexibility index (Phi) is 7.23. The van der Waals surface area contributed by atoms with Crippen molar-refractivity contribution in [3.63, 3.8) is 0 Å². The molecule has 0 fully saturated rings. The van der Waals surface area contributed by atoms with E-state index in [1.54, 1.807) is 24.3 Å². The Hall–Kier alpha value is -3.50. The summed E-state index contributed by atoms with van der Waals surface area (Å²) in [5, 5.41) is 15.0. The van der Waals surface area contributed by atoms with Gasteiger partial charge in [0.15, 0.2) is 12.6 Å². The van der Waals surface area contributed by atoms with Crippen molar-refractivity contribution in [1.29, 1.82) is 0 Å². The lowest BCUT2D eigenvalue weighted by atomic mass is 9.96. The third-order valence-electron chi connectivity index (χ3n) is 5.29. The van der Waals surface area contributed by atoms with Crippen LogP contribution in [0.3, 0.4) is 0 Å². The number of aliphatic hydroxyl groups excluding tert-OH is 1. The van der Waals surface area contributed by atoms with E-state index >= 15 is 0 Å². The van der Waals surface area contributed by atoms with Crippen molar-refractivity contribution in [2.24, 2.45) is 0 Å². The van der Waals surface area contributed by atoms with Gasteiger partial charge in [-0.1, -0.05) is 23.7 Å². The summed E-state index contributed by atoms with van der Waals surface area (Å²) >= 11 is 5.79. The number of ether oxygens (including phenoxy) is 1. The van der Waals surface area contributed by atoms with E-state index in [9.17, 15) is 28.7 Å². The molecule has 1 heterocycles. The predicted molar refractivity (Wildman–Crippen MR) is 122 cm³/mol. The van der Waals surface area contributed by atoms with Gasteiger partial charge in [0.2, 0.25) is 5.91 Å². The topological polar surface area (TPSA) is 125 Å². The number of anilines is 2. The zero-order chi connectivity index (χ0) is 25.2. The number of carbonyl (C=O) groups is 4. The maximum atomic E-state index is 14.0. The maximum absolute atomic E-state index is 14.0. The first-order valence-corrected chi connectivity index (χ1v) is 10.7. The van der Waals surface area contributed by atoms with E-state index in [4.69, 9.17) is 16.3 Å². The molecule has 11 heteroatoms. The van der Waals surface area contributed by atoms with E-state index in [0.717, 1.165) is 12.1 Å². The molecule has 0 saturated heterocycles. The van der Waals surface area contributed by atoms with Gasteiger partial charge in [-0.05, 0) is 51.1 Å². The van der Waals surface area contributed by atoms with Gasteiger partial charge >= 0.3 is 5.97 Å². The minimum absolute atomic E-state index is 0.0989. The number of hydrogen-bond acceptors (Lipinski definition) is 6. The zero-order valence-electron chi connectivity index (χ0n) is 18.6. The molecule has 0 radical (unpaired) electrons. The molecule has 1 aliphatic heterocycles. The van der Waals surface area contributed by atoms with Crippen LogP contribution >= 0.6 is 11.6 Å². The molecule has 0 bridgehead atoms. The van der Waals surface area contributed by atoms with Crippen LogP contribution in [0.15, 0.2) is 42.5 Å². The molecule has 3 amide bonds. The Balaban J connectivity index is 1.74. The fourth-order valence-corrected chi connectivity index (χ4v) is 3.62. The highest BCUT2D eigenvalue weighted by atomic mass is 35.5. The molecule has 34 heavy (non-hydrogen) atoms. The first kappa shape index (κ1) is 25.1. The second-order valence-electron chi connectivity index (χ2n) is 8.18. The van der Waals surface area contributed by atoms with Gasteiger partial charge in [-0.2, -0.15) is 0 Å². The first-order chi connectivity index (χ1) is 15.9. The number of fused-ring (bicyclic) bond motifs is 1. The fraction of sp³-hybridized carbons (Fsp3) is 0.304. The fourth-order valence-electron chi connectivity index (χ4n) is 3.45. The molecular formula is C23H23ClFN3O6. The average Bonchev–Trinajstić information content (AvgIpc) is 2.77. The smallest absolute Gasteiger partial charge is 0.331 e. The van der Waals surface area contributed by atoms with Gasteiger partial charge in [0.25, 0.3) is 11.8 Å². The van der Waals surface area contributed by atoms with E-state index in [1.165, 1.54) is 31.7 Å². The normalized spacial score (nSPS) is 16.1.